The molecule has 2 N–H and O–H groups in total. The van der Waals surface area contributed by atoms with E-state index in [0.717, 1.165) is 18.6 Å². The molecule has 0 aliphatic carbocycles. The fourth-order valence-electron chi connectivity index (χ4n) is 1.09. The SMILES string of the molecule is C=CCSCC(=O)NCCCCCC(=O)O. The van der Waals surface area contributed by atoms with Crippen molar-refractivity contribution < 1.29 is 14.7 Å². The van der Waals surface area contributed by atoms with Crippen molar-refractivity contribution >= 4 is 23.6 Å². The van der Waals surface area contributed by atoms with E-state index in [-0.39, 0.29) is 12.3 Å². The van der Waals surface area contributed by atoms with Gasteiger partial charge >= 0.3 is 5.97 Å². The zero-order valence-electron chi connectivity index (χ0n) is 9.41. The van der Waals surface area contributed by atoms with E-state index in [4.69, 9.17) is 5.11 Å². The zero-order valence-corrected chi connectivity index (χ0v) is 10.2. The van der Waals surface area contributed by atoms with Crippen molar-refractivity contribution in [3.8, 4) is 0 Å². The molecule has 0 saturated carbocycles. The molecule has 0 fully saturated rings. The Hall–Kier alpha value is -0.970. The van der Waals surface area contributed by atoms with Gasteiger partial charge in [0.05, 0.1) is 5.75 Å². The van der Waals surface area contributed by atoms with Crippen molar-refractivity contribution in [3.63, 3.8) is 0 Å². The van der Waals surface area contributed by atoms with Crippen LogP contribution in [0, 0.1) is 0 Å². The summed E-state index contributed by atoms with van der Waals surface area (Å²) in [6, 6.07) is 0. The van der Waals surface area contributed by atoms with Crippen LogP contribution in [0.15, 0.2) is 12.7 Å². The van der Waals surface area contributed by atoms with Crippen LogP contribution in [0.1, 0.15) is 25.7 Å². The molecule has 4 nitrogen and oxygen atoms in total. The lowest BCUT2D eigenvalue weighted by atomic mass is 10.2. The minimum atomic E-state index is -0.759. The lowest BCUT2D eigenvalue weighted by Gasteiger charge is -2.03. The second kappa shape index (κ2) is 10.5. The van der Waals surface area contributed by atoms with Crippen LogP contribution in [0.25, 0.3) is 0 Å². The number of thioether (sulfide) groups is 1. The summed E-state index contributed by atoms with van der Waals surface area (Å²) in [5, 5.41) is 11.2. The standard InChI is InChI=1S/C11H19NO3S/c1-2-8-16-9-10(13)12-7-5-3-4-6-11(14)15/h2H,1,3-9H2,(H,12,13)(H,14,15). The topological polar surface area (TPSA) is 66.4 Å². The molecule has 92 valence electrons. The van der Waals surface area contributed by atoms with Crippen molar-refractivity contribution in [3.05, 3.63) is 12.7 Å². The number of carbonyl (C=O) groups excluding carboxylic acids is 1. The second-order valence-electron chi connectivity index (χ2n) is 3.36. The van der Waals surface area contributed by atoms with Gasteiger partial charge in [-0.2, -0.15) is 0 Å². The molecule has 5 heteroatoms. The number of carboxylic acid groups (broad SMARTS) is 1. The van der Waals surface area contributed by atoms with Crippen LogP contribution in [0.5, 0.6) is 0 Å². The Kier molecular flexibility index (Phi) is 9.91. The average molecular weight is 245 g/mol. The molecule has 0 aromatic heterocycles. The molecule has 16 heavy (non-hydrogen) atoms. The highest BCUT2D eigenvalue weighted by Gasteiger charge is 2.00. The summed E-state index contributed by atoms with van der Waals surface area (Å²) in [4.78, 5) is 21.4. The van der Waals surface area contributed by atoms with Crippen LogP contribution in [0.2, 0.25) is 0 Å². The number of unbranched alkanes of at least 4 members (excludes halogenated alkanes) is 2. The lowest BCUT2D eigenvalue weighted by Crippen LogP contribution is -2.26. The lowest BCUT2D eigenvalue weighted by molar-refractivity contribution is -0.137. The smallest absolute Gasteiger partial charge is 0.303 e. The first kappa shape index (κ1) is 15.0. The van der Waals surface area contributed by atoms with E-state index in [0.29, 0.717) is 18.7 Å². The molecule has 0 heterocycles. The van der Waals surface area contributed by atoms with Crippen LogP contribution in [-0.4, -0.2) is 35.0 Å². The summed E-state index contributed by atoms with van der Waals surface area (Å²) in [6.07, 6.45) is 4.33. The van der Waals surface area contributed by atoms with Crippen LogP contribution in [0.3, 0.4) is 0 Å². The predicted octanol–water partition coefficient (Wildman–Crippen LogP) is 1.67. The van der Waals surface area contributed by atoms with Crippen molar-refractivity contribution in [1.29, 1.82) is 0 Å². The third kappa shape index (κ3) is 11.1. The zero-order chi connectivity index (χ0) is 12.2. The van der Waals surface area contributed by atoms with E-state index in [1.807, 2.05) is 0 Å². The maximum absolute atomic E-state index is 11.2. The maximum atomic E-state index is 11.2. The fraction of sp³-hybridized carbons (Fsp3) is 0.636. The van der Waals surface area contributed by atoms with Gasteiger partial charge in [-0.05, 0) is 12.8 Å². The van der Waals surface area contributed by atoms with Crippen molar-refractivity contribution in [2.24, 2.45) is 0 Å². The highest BCUT2D eigenvalue weighted by Crippen LogP contribution is 2.00. The molecule has 0 spiro atoms. The quantitative estimate of drug-likeness (QED) is 0.454. The molecule has 0 aromatic rings. The van der Waals surface area contributed by atoms with E-state index in [1.165, 1.54) is 11.8 Å². The van der Waals surface area contributed by atoms with Gasteiger partial charge in [0.2, 0.25) is 5.91 Å². The van der Waals surface area contributed by atoms with E-state index < -0.39 is 5.97 Å². The van der Waals surface area contributed by atoms with Gasteiger partial charge in [0, 0.05) is 18.7 Å². The van der Waals surface area contributed by atoms with Crippen molar-refractivity contribution in [1.82, 2.24) is 5.32 Å². The van der Waals surface area contributed by atoms with Crippen LogP contribution in [0.4, 0.5) is 0 Å². The highest BCUT2D eigenvalue weighted by atomic mass is 32.2. The molecule has 0 bridgehead atoms. The summed E-state index contributed by atoms with van der Waals surface area (Å²) in [6.45, 7) is 4.20. The number of carboxylic acids is 1. The van der Waals surface area contributed by atoms with E-state index >= 15 is 0 Å². The van der Waals surface area contributed by atoms with Gasteiger partial charge in [-0.15, -0.1) is 18.3 Å². The first-order valence-electron chi connectivity index (χ1n) is 5.34. The molecule has 0 radical (unpaired) electrons. The average Bonchev–Trinajstić information content (AvgIpc) is 2.23. The Morgan fingerprint density at radius 1 is 1.31 bits per heavy atom. The molecule has 0 aliphatic rings. The van der Waals surface area contributed by atoms with E-state index in [2.05, 4.69) is 11.9 Å². The number of nitrogens with one attached hydrogen (secondary N) is 1. The van der Waals surface area contributed by atoms with Crippen LogP contribution in [-0.2, 0) is 9.59 Å². The molecule has 0 atom stereocenters. The van der Waals surface area contributed by atoms with Crippen LogP contribution < -0.4 is 5.32 Å². The molecule has 0 saturated heterocycles. The minimum Gasteiger partial charge on any atom is -0.481 e. The number of hydrogen-bond donors (Lipinski definition) is 2. The first-order chi connectivity index (χ1) is 7.66. The third-order valence-electron chi connectivity index (χ3n) is 1.86. The van der Waals surface area contributed by atoms with Gasteiger partial charge in [0.25, 0.3) is 0 Å². The summed E-state index contributed by atoms with van der Waals surface area (Å²) in [7, 11) is 0. The molecule has 0 aromatic carbocycles. The Morgan fingerprint density at radius 2 is 2.06 bits per heavy atom. The molecule has 0 rings (SSSR count). The van der Waals surface area contributed by atoms with E-state index in [1.54, 1.807) is 6.08 Å². The molecular weight excluding hydrogens is 226 g/mol. The van der Waals surface area contributed by atoms with Crippen molar-refractivity contribution in [2.45, 2.75) is 25.7 Å². The monoisotopic (exact) mass is 245 g/mol. The number of rotatable bonds is 10. The normalized spacial score (nSPS) is 9.75. The van der Waals surface area contributed by atoms with Crippen LogP contribution >= 0.6 is 11.8 Å². The number of carbonyl (C=O) groups is 2. The molecule has 1 amide bonds. The van der Waals surface area contributed by atoms with Gasteiger partial charge < -0.3 is 10.4 Å². The van der Waals surface area contributed by atoms with Gasteiger partial charge in [-0.1, -0.05) is 12.5 Å². The highest BCUT2D eigenvalue weighted by molar-refractivity contribution is 8.00. The molecular formula is C11H19NO3S. The van der Waals surface area contributed by atoms with Gasteiger partial charge in [-0.3, -0.25) is 9.59 Å². The Labute approximate surface area is 100 Å². The number of aliphatic carboxylic acids is 1. The summed E-state index contributed by atoms with van der Waals surface area (Å²) >= 11 is 1.53. The molecule has 0 aliphatic heterocycles. The fourth-order valence-corrected chi connectivity index (χ4v) is 1.66. The second-order valence-corrected chi connectivity index (χ2v) is 4.39. The van der Waals surface area contributed by atoms with E-state index in [9.17, 15) is 9.59 Å². The Morgan fingerprint density at radius 3 is 2.69 bits per heavy atom. The summed E-state index contributed by atoms with van der Waals surface area (Å²) in [5.74, 6) is 0.516. The number of hydrogen-bond acceptors (Lipinski definition) is 3. The Bertz CT molecular complexity index is 231. The summed E-state index contributed by atoms with van der Waals surface area (Å²) in [5.41, 5.74) is 0. The molecule has 0 unspecified atom stereocenters. The van der Waals surface area contributed by atoms with Gasteiger partial charge in [-0.25, -0.2) is 0 Å². The minimum absolute atomic E-state index is 0.0325. The third-order valence-corrected chi connectivity index (χ3v) is 2.80. The largest absolute Gasteiger partial charge is 0.481 e. The Balaban J connectivity index is 3.21. The number of amides is 1. The van der Waals surface area contributed by atoms with Gasteiger partial charge in [0.15, 0.2) is 0 Å². The van der Waals surface area contributed by atoms with Crippen molar-refractivity contribution in [2.75, 3.05) is 18.1 Å². The summed E-state index contributed by atoms with van der Waals surface area (Å²) < 4.78 is 0. The maximum Gasteiger partial charge on any atom is 0.303 e. The first-order valence-corrected chi connectivity index (χ1v) is 6.49. The predicted molar refractivity (Wildman–Crippen MR) is 66.6 cm³/mol. The van der Waals surface area contributed by atoms with Gasteiger partial charge in [0.1, 0.15) is 0 Å².